The molecule has 1 unspecified atom stereocenters. The van der Waals surface area contributed by atoms with Crippen molar-refractivity contribution in [3.8, 4) is 0 Å². The lowest BCUT2D eigenvalue weighted by Crippen LogP contribution is -2.02. The highest BCUT2D eigenvalue weighted by Gasteiger charge is 2.29. The minimum Gasteiger partial charge on any atom is -0.294 e. The Bertz CT molecular complexity index is 903. The van der Waals surface area contributed by atoms with Crippen LogP contribution in [0, 0.1) is 17.6 Å². The molecule has 4 rings (SSSR count). The van der Waals surface area contributed by atoms with Gasteiger partial charge in [0.2, 0.25) is 0 Å². The van der Waals surface area contributed by atoms with Crippen LogP contribution in [0.15, 0.2) is 38.8 Å². The molecule has 0 bridgehead atoms. The summed E-state index contributed by atoms with van der Waals surface area (Å²) in [5.41, 5.74) is 4.99. The van der Waals surface area contributed by atoms with Gasteiger partial charge < -0.3 is 0 Å². The maximum absolute atomic E-state index is 12.9. The van der Waals surface area contributed by atoms with Gasteiger partial charge in [-0.15, -0.1) is 0 Å². The molecule has 0 radical (unpaired) electrons. The van der Waals surface area contributed by atoms with E-state index in [0.29, 0.717) is 10.0 Å². The quantitative estimate of drug-likeness (QED) is 0.429. The zero-order valence-corrected chi connectivity index (χ0v) is 17.0. The molecule has 2 aromatic carbocycles. The van der Waals surface area contributed by atoms with Crippen LogP contribution < -0.4 is 0 Å². The Morgan fingerprint density at radius 1 is 1.00 bits per heavy atom. The van der Waals surface area contributed by atoms with Gasteiger partial charge in [-0.3, -0.25) is 4.79 Å². The van der Waals surface area contributed by atoms with E-state index in [2.05, 4.69) is 38.8 Å². The minimum absolute atomic E-state index is 0.00639. The Balaban J connectivity index is 0.000000146. The third-order valence-corrected chi connectivity index (χ3v) is 5.85. The molecule has 25 heavy (non-hydrogen) atoms. The highest BCUT2D eigenvalue weighted by atomic mass is 79.9. The summed E-state index contributed by atoms with van der Waals surface area (Å²) in [6.45, 7) is 3.93. The molecule has 0 amide bonds. The van der Waals surface area contributed by atoms with Crippen LogP contribution >= 0.6 is 31.9 Å². The molecule has 0 aliphatic heterocycles. The first-order valence-electron chi connectivity index (χ1n) is 7.93. The van der Waals surface area contributed by atoms with E-state index in [-0.39, 0.29) is 23.3 Å². The number of fused-ring (bicyclic) bond motifs is 2. The van der Waals surface area contributed by atoms with Crippen molar-refractivity contribution < 1.29 is 13.6 Å². The predicted octanol–water partition coefficient (Wildman–Crippen LogP) is 6.51. The third kappa shape index (κ3) is 3.77. The summed E-state index contributed by atoms with van der Waals surface area (Å²) >= 11 is 6.61. The van der Waals surface area contributed by atoms with Crippen molar-refractivity contribution in [1.29, 1.82) is 0 Å². The normalized spacial score (nSPS) is 17.6. The second kappa shape index (κ2) is 7.12. The van der Waals surface area contributed by atoms with E-state index in [4.69, 9.17) is 0 Å². The minimum atomic E-state index is -0.354. The molecular weight excluding hydrogens is 454 g/mol. The zero-order valence-electron chi connectivity index (χ0n) is 13.8. The van der Waals surface area contributed by atoms with Crippen LogP contribution in [0.5, 0.6) is 0 Å². The van der Waals surface area contributed by atoms with Gasteiger partial charge in [0.15, 0.2) is 5.78 Å². The van der Waals surface area contributed by atoms with Gasteiger partial charge in [-0.05, 0) is 60.7 Å². The van der Waals surface area contributed by atoms with Gasteiger partial charge in [0.05, 0.1) is 0 Å². The summed E-state index contributed by atoms with van der Waals surface area (Å²) in [6, 6.07) is 5.83. The Morgan fingerprint density at radius 2 is 1.60 bits per heavy atom. The second-order valence-electron chi connectivity index (χ2n) is 6.51. The maximum atomic E-state index is 12.9. The van der Waals surface area contributed by atoms with E-state index in [0.717, 1.165) is 28.4 Å². The van der Waals surface area contributed by atoms with Crippen LogP contribution in [0.25, 0.3) is 6.08 Å². The highest BCUT2D eigenvalue weighted by molar-refractivity contribution is 9.10. The van der Waals surface area contributed by atoms with E-state index in [9.17, 15) is 13.6 Å². The molecule has 5 heteroatoms. The number of hydrogen-bond acceptors (Lipinski definition) is 1. The van der Waals surface area contributed by atoms with E-state index >= 15 is 0 Å². The predicted molar refractivity (Wildman–Crippen MR) is 103 cm³/mol. The molecule has 2 aliphatic rings. The number of ketones is 1. The van der Waals surface area contributed by atoms with Crippen molar-refractivity contribution in [2.45, 2.75) is 26.7 Å². The highest BCUT2D eigenvalue weighted by Crippen LogP contribution is 2.33. The number of Topliss-reactive ketones (excluding diaryl/α,β-unsaturated/α-hetero) is 1. The molecule has 0 aromatic heterocycles. The van der Waals surface area contributed by atoms with Crippen molar-refractivity contribution in [3.63, 3.8) is 0 Å². The molecular formula is C20H16Br2F2O. The smallest absolute Gasteiger partial charge is 0.166 e. The van der Waals surface area contributed by atoms with Crippen LogP contribution in [-0.2, 0) is 12.8 Å². The Hall–Kier alpha value is -1.33. The zero-order chi connectivity index (χ0) is 18.3. The monoisotopic (exact) mass is 468 g/mol. The number of allylic oxidation sites excluding steroid dienone is 1. The molecule has 0 fully saturated rings. The first-order valence-corrected chi connectivity index (χ1v) is 9.52. The molecule has 0 saturated carbocycles. The fourth-order valence-corrected chi connectivity index (χ4v) is 4.41. The Labute approximate surface area is 162 Å². The lowest BCUT2D eigenvalue weighted by atomic mass is 10.1. The molecule has 0 spiro atoms. The maximum Gasteiger partial charge on any atom is 0.166 e. The Morgan fingerprint density at radius 3 is 2.28 bits per heavy atom. The number of rotatable bonds is 0. The van der Waals surface area contributed by atoms with Crippen molar-refractivity contribution in [3.05, 3.63) is 72.7 Å². The van der Waals surface area contributed by atoms with Crippen molar-refractivity contribution in [2.24, 2.45) is 5.92 Å². The standard InChI is InChI=1S/C10H8BrFO.C10H8BrF/c1-5-2-7-8(10(5)13)3-6(12)4-9(7)11;1-6-2-7-4-8(12)5-10(11)9(7)3-6/h3-5H,2H2,1H3;2,4-5H,3H2,1H3. The second-order valence-corrected chi connectivity index (χ2v) is 8.21. The van der Waals surface area contributed by atoms with Gasteiger partial charge in [-0.2, -0.15) is 0 Å². The van der Waals surface area contributed by atoms with Crippen LogP contribution in [0.1, 0.15) is 40.9 Å². The fourth-order valence-electron chi connectivity index (χ4n) is 3.23. The SMILES string of the molecule is CC1=Cc2cc(F)cc(Br)c2C1.CC1Cc2c(Br)cc(F)cc2C1=O. The molecule has 1 atom stereocenters. The molecule has 0 saturated heterocycles. The van der Waals surface area contributed by atoms with E-state index in [1.807, 2.05) is 13.0 Å². The van der Waals surface area contributed by atoms with Gasteiger partial charge in [0, 0.05) is 20.4 Å². The summed E-state index contributed by atoms with van der Waals surface area (Å²) in [6.07, 6.45) is 3.69. The summed E-state index contributed by atoms with van der Waals surface area (Å²) in [5, 5.41) is 0. The van der Waals surface area contributed by atoms with Gasteiger partial charge in [-0.25, -0.2) is 8.78 Å². The molecule has 0 heterocycles. The number of halogens is 4. The van der Waals surface area contributed by atoms with Gasteiger partial charge in [0.25, 0.3) is 0 Å². The average molecular weight is 470 g/mol. The molecule has 1 nitrogen and oxygen atoms in total. The number of hydrogen-bond donors (Lipinski definition) is 0. The summed E-state index contributed by atoms with van der Waals surface area (Å²) < 4.78 is 27.4. The van der Waals surface area contributed by atoms with Crippen LogP contribution in [0.4, 0.5) is 8.78 Å². The van der Waals surface area contributed by atoms with Crippen LogP contribution in [0.3, 0.4) is 0 Å². The van der Waals surface area contributed by atoms with E-state index < -0.39 is 0 Å². The van der Waals surface area contributed by atoms with Gasteiger partial charge in [-0.1, -0.05) is 50.4 Å². The fraction of sp³-hybridized carbons (Fsp3) is 0.250. The van der Waals surface area contributed by atoms with Crippen molar-refractivity contribution in [2.75, 3.05) is 0 Å². The first-order chi connectivity index (χ1) is 11.8. The van der Waals surface area contributed by atoms with Gasteiger partial charge >= 0.3 is 0 Å². The van der Waals surface area contributed by atoms with Crippen LogP contribution in [0.2, 0.25) is 0 Å². The van der Waals surface area contributed by atoms with E-state index in [1.165, 1.54) is 29.3 Å². The van der Waals surface area contributed by atoms with Crippen molar-refractivity contribution in [1.82, 2.24) is 0 Å². The lowest BCUT2D eigenvalue weighted by molar-refractivity contribution is 0.0946. The van der Waals surface area contributed by atoms with Gasteiger partial charge in [0.1, 0.15) is 11.6 Å². The first kappa shape index (κ1) is 18.5. The summed E-state index contributed by atoms with van der Waals surface area (Å²) in [7, 11) is 0. The lowest BCUT2D eigenvalue weighted by Gasteiger charge is -2.01. The van der Waals surface area contributed by atoms with E-state index in [1.54, 1.807) is 6.07 Å². The number of carbonyl (C=O) groups excluding carboxylic acids is 1. The molecule has 2 aromatic rings. The Kier molecular flexibility index (Phi) is 5.26. The largest absolute Gasteiger partial charge is 0.294 e. The number of benzene rings is 2. The summed E-state index contributed by atoms with van der Waals surface area (Å²) in [4.78, 5) is 11.5. The van der Waals surface area contributed by atoms with Crippen LogP contribution in [-0.4, -0.2) is 5.78 Å². The topological polar surface area (TPSA) is 17.1 Å². The molecule has 0 N–H and O–H groups in total. The third-order valence-electron chi connectivity index (χ3n) is 4.44. The molecule has 130 valence electrons. The van der Waals surface area contributed by atoms with Crippen molar-refractivity contribution >= 4 is 43.7 Å². The summed E-state index contributed by atoms with van der Waals surface area (Å²) in [5.74, 6) is -0.483. The molecule has 2 aliphatic carbocycles. The number of carbonyl (C=O) groups is 1. The average Bonchev–Trinajstić information content (AvgIpc) is 3.02.